The molecule has 0 radical (unpaired) electrons. The van der Waals surface area contributed by atoms with Gasteiger partial charge in [-0.25, -0.2) is 0 Å². The molecule has 0 aliphatic rings. The third kappa shape index (κ3) is 3.72. The van der Waals surface area contributed by atoms with E-state index in [1.54, 1.807) is 0 Å². The number of nitrogens with zero attached hydrogens (tertiary/aromatic N) is 1. The summed E-state index contributed by atoms with van der Waals surface area (Å²) in [6.07, 6.45) is 0. The molecule has 0 aliphatic heterocycles. The van der Waals surface area contributed by atoms with Crippen molar-refractivity contribution in [2.45, 2.75) is 0 Å². The van der Waals surface area contributed by atoms with Gasteiger partial charge in [-0.3, -0.25) is 0 Å². The smallest absolute Gasteiger partial charge is 0.159 e. The molecule has 0 saturated heterocycles. The van der Waals surface area contributed by atoms with E-state index in [0.29, 0.717) is 0 Å². The van der Waals surface area contributed by atoms with Crippen LogP contribution in [0.4, 0.5) is 17.1 Å². The Morgan fingerprint density at radius 2 is 1.12 bits per heavy atom. The minimum atomic E-state index is 0.885. The zero-order chi connectivity index (χ0) is 28.3. The van der Waals surface area contributed by atoms with Crippen molar-refractivity contribution >= 4 is 81.3 Å². The summed E-state index contributed by atoms with van der Waals surface area (Å²) >= 11 is 1.84. The first-order valence-electron chi connectivity index (χ1n) is 14.5. The van der Waals surface area contributed by atoms with E-state index in [4.69, 9.17) is 4.42 Å². The van der Waals surface area contributed by atoms with Crippen LogP contribution in [-0.2, 0) is 0 Å². The summed E-state index contributed by atoms with van der Waals surface area (Å²) in [5.41, 5.74) is 7.48. The summed E-state index contributed by atoms with van der Waals surface area (Å²) in [7, 11) is 0. The Hall–Kier alpha value is -5.38. The molecular weight excluding hydrogens is 543 g/mol. The molecule has 2 aromatic heterocycles. The molecule has 0 N–H and O–H groups in total. The van der Waals surface area contributed by atoms with E-state index in [9.17, 15) is 0 Å². The van der Waals surface area contributed by atoms with E-state index in [1.807, 2.05) is 11.3 Å². The number of fused-ring (bicyclic) bond motifs is 8. The van der Waals surface area contributed by atoms with Crippen molar-refractivity contribution < 1.29 is 4.42 Å². The largest absolute Gasteiger partial charge is 0.454 e. The number of para-hydroxylation sites is 2. The topological polar surface area (TPSA) is 16.4 Å². The van der Waals surface area contributed by atoms with E-state index >= 15 is 0 Å². The standard InChI is InChI=1S/C40H25NOS/c1-3-12-26(13-4-1)28-17-9-18-30-29(28)24-25-35-38(30)32-19-10-21-34(40(32)42-35)41(27-14-5-2-6-15-27)33-20-11-23-37-39(33)31-16-7-8-22-36(31)43-37/h1-25H. The third-order valence-electron chi connectivity index (χ3n) is 8.46. The van der Waals surface area contributed by atoms with Crippen LogP contribution in [0, 0.1) is 0 Å². The van der Waals surface area contributed by atoms with E-state index < -0.39 is 0 Å². The lowest BCUT2D eigenvalue weighted by Gasteiger charge is -2.26. The monoisotopic (exact) mass is 567 g/mol. The summed E-state index contributed by atoms with van der Waals surface area (Å²) in [4.78, 5) is 2.36. The van der Waals surface area contributed by atoms with Gasteiger partial charge in [0.05, 0.1) is 11.4 Å². The Balaban J connectivity index is 1.35. The van der Waals surface area contributed by atoms with Gasteiger partial charge in [0, 0.05) is 36.6 Å². The van der Waals surface area contributed by atoms with E-state index in [2.05, 4.69) is 157 Å². The number of thiophene rings is 1. The number of anilines is 3. The molecule has 0 spiro atoms. The van der Waals surface area contributed by atoms with Crippen LogP contribution in [-0.4, -0.2) is 0 Å². The van der Waals surface area contributed by atoms with Crippen molar-refractivity contribution in [2.75, 3.05) is 4.90 Å². The van der Waals surface area contributed by atoms with Gasteiger partial charge in [-0.05, 0) is 64.4 Å². The molecule has 9 rings (SSSR count). The quantitative estimate of drug-likeness (QED) is 0.210. The van der Waals surface area contributed by atoms with Crippen LogP contribution in [0.3, 0.4) is 0 Å². The highest BCUT2D eigenvalue weighted by molar-refractivity contribution is 7.26. The number of furan rings is 1. The predicted octanol–water partition coefficient (Wildman–Crippen LogP) is 12.2. The van der Waals surface area contributed by atoms with Crippen LogP contribution in [0.25, 0.3) is 64.0 Å². The fourth-order valence-corrected chi connectivity index (χ4v) is 7.74. The number of benzene rings is 7. The SMILES string of the molecule is c1ccc(-c2cccc3c2ccc2oc4c(N(c5ccccc5)c5cccc6sc7ccccc7c56)cccc4c23)cc1. The van der Waals surface area contributed by atoms with Gasteiger partial charge in [-0.15, -0.1) is 11.3 Å². The summed E-state index contributed by atoms with van der Waals surface area (Å²) in [6.45, 7) is 0. The first-order valence-corrected chi connectivity index (χ1v) is 15.3. The van der Waals surface area contributed by atoms with Crippen molar-refractivity contribution in [3.63, 3.8) is 0 Å². The summed E-state index contributed by atoms with van der Waals surface area (Å²) in [5.74, 6) is 0. The van der Waals surface area contributed by atoms with Crippen LogP contribution >= 0.6 is 11.3 Å². The van der Waals surface area contributed by atoms with E-state index in [-0.39, 0.29) is 0 Å². The fourth-order valence-electron chi connectivity index (χ4n) is 6.61. The second-order valence-electron chi connectivity index (χ2n) is 10.9. The Bertz CT molecular complexity index is 2460. The van der Waals surface area contributed by atoms with Crippen LogP contribution in [0.2, 0.25) is 0 Å². The highest BCUT2D eigenvalue weighted by Gasteiger charge is 2.23. The normalized spacial score (nSPS) is 11.7. The first kappa shape index (κ1) is 24.2. The fraction of sp³-hybridized carbons (Fsp3) is 0. The lowest BCUT2D eigenvalue weighted by atomic mass is 9.95. The Labute approximate surface area is 252 Å². The minimum Gasteiger partial charge on any atom is -0.454 e. The molecule has 9 aromatic rings. The van der Waals surface area contributed by atoms with Gasteiger partial charge in [0.1, 0.15) is 5.58 Å². The second-order valence-corrected chi connectivity index (χ2v) is 12.0. The van der Waals surface area contributed by atoms with Crippen LogP contribution in [0.5, 0.6) is 0 Å². The number of rotatable bonds is 4. The van der Waals surface area contributed by atoms with Crippen molar-refractivity contribution in [2.24, 2.45) is 0 Å². The molecule has 7 aromatic carbocycles. The Kier molecular flexibility index (Phi) is 5.40. The molecule has 43 heavy (non-hydrogen) atoms. The molecule has 0 amide bonds. The highest BCUT2D eigenvalue weighted by atomic mass is 32.1. The zero-order valence-corrected chi connectivity index (χ0v) is 24.0. The molecule has 3 heteroatoms. The molecule has 0 aliphatic carbocycles. The summed E-state index contributed by atoms with van der Waals surface area (Å²) < 4.78 is 9.37. The van der Waals surface area contributed by atoms with Crippen LogP contribution in [0.15, 0.2) is 156 Å². The van der Waals surface area contributed by atoms with Gasteiger partial charge in [-0.2, -0.15) is 0 Å². The van der Waals surface area contributed by atoms with Crippen molar-refractivity contribution in [1.29, 1.82) is 0 Å². The lowest BCUT2D eigenvalue weighted by molar-refractivity contribution is 0.669. The molecule has 202 valence electrons. The lowest BCUT2D eigenvalue weighted by Crippen LogP contribution is -2.10. The maximum atomic E-state index is 6.80. The molecule has 0 atom stereocenters. The van der Waals surface area contributed by atoms with Gasteiger partial charge in [0.2, 0.25) is 0 Å². The van der Waals surface area contributed by atoms with E-state index in [1.165, 1.54) is 42.1 Å². The van der Waals surface area contributed by atoms with E-state index in [0.717, 1.165) is 39.0 Å². The zero-order valence-electron chi connectivity index (χ0n) is 23.2. The molecule has 2 heterocycles. The first-order chi connectivity index (χ1) is 21.3. The summed E-state index contributed by atoms with van der Waals surface area (Å²) in [5, 5.41) is 7.23. The maximum absolute atomic E-state index is 6.80. The highest BCUT2D eigenvalue weighted by Crippen LogP contribution is 2.48. The van der Waals surface area contributed by atoms with Gasteiger partial charge in [0.25, 0.3) is 0 Å². The average Bonchev–Trinajstić information content (AvgIpc) is 3.65. The molecule has 0 unspecified atom stereocenters. The van der Waals surface area contributed by atoms with Crippen molar-refractivity contribution in [3.05, 3.63) is 152 Å². The molecule has 0 bridgehead atoms. The van der Waals surface area contributed by atoms with Crippen molar-refractivity contribution in [3.8, 4) is 11.1 Å². The average molecular weight is 568 g/mol. The molecule has 0 fully saturated rings. The third-order valence-corrected chi connectivity index (χ3v) is 9.60. The maximum Gasteiger partial charge on any atom is 0.159 e. The Morgan fingerprint density at radius 1 is 0.442 bits per heavy atom. The number of hydrogen-bond donors (Lipinski definition) is 0. The van der Waals surface area contributed by atoms with Crippen LogP contribution < -0.4 is 4.90 Å². The molecule has 0 saturated carbocycles. The summed E-state index contributed by atoms with van der Waals surface area (Å²) in [6, 6.07) is 54.0. The van der Waals surface area contributed by atoms with Gasteiger partial charge >= 0.3 is 0 Å². The van der Waals surface area contributed by atoms with Gasteiger partial charge < -0.3 is 9.32 Å². The predicted molar refractivity (Wildman–Crippen MR) is 184 cm³/mol. The Morgan fingerprint density at radius 3 is 2.00 bits per heavy atom. The second kappa shape index (κ2) is 9.59. The van der Waals surface area contributed by atoms with Crippen LogP contribution in [0.1, 0.15) is 0 Å². The van der Waals surface area contributed by atoms with Gasteiger partial charge in [0.15, 0.2) is 5.58 Å². The molecule has 2 nitrogen and oxygen atoms in total. The van der Waals surface area contributed by atoms with Crippen molar-refractivity contribution in [1.82, 2.24) is 0 Å². The minimum absolute atomic E-state index is 0.885. The number of hydrogen-bond acceptors (Lipinski definition) is 3. The molecular formula is C40H25NOS. The van der Waals surface area contributed by atoms with Gasteiger partial charge in [-0.1, -0.05) is 109 Å².